The van der Waals surface area contributed by atoms with Gasteiger partial charge in [-0.3, -0.25) is 0 Å². The van der Waals surface area contributed by atoms with Gasteiger partial charge in [-0.25, -0.2) is 4.99 Å². The second-order valence-electron chi connectivity index (χ2n) is 7.90. The summed E-state index contributed by atoms with van der Waals surface area (Å²) in [5.74, 6) is 1.03. The third kappa shape index (κ3) is 10.9. The third-order valence-corrected chi connectivity index (χ3v) is 5.46. The average molecular weight is 383 g/mol. The molecule has 0 spiro atoms. The highest BCUT2D eigenvalue weighted by molar-refractivity contribution is 5.80. The van der Waals surface area contributed by atoms with Crippen molar-refractivity contribution in [1.29, 1.82) is 0 Å². The Balaban J connectivity index is 1.61. The first-order valence-corrected chi connectivity index (χ1v) is 11.3. The molecule has 2 rings (SSSR count). The fraction of sp³-hybridized carbons (Fsp3) is 0.952. The fourth-order valence-electron chi connectivity index (χ4n) is 3.86. The van der Waals surface area contributed by atoms with Crippen LogP contribution in [0, 0.1) is 0 Å². The molecule has 0 amide bonds. The average Bonchev–Trinajstić information content (AvgIpc) is 2.71. The van der Waals surface area contributed by atoms with E-state index in [-0.39, 0.29) is 0 Å². The van der Waals surface area contributed by atoms with Crippen LogP contribution in [-0.2, 0) is 9.47 Å². The molecule has 0 aromatic heterocycles. The molecule has 0 radical (unpaired) electrons. The van der Waals surface area contributed by atoms with Gasteiger partial charge in [-0.2, -0.15) is 0 Å². The maximum absolute atomic E-state index is 5.64. The van der Waals surface area contributed by atoms with Gasteiger partial charge in [-0.1, -0.05) is 38.5 Å². The van der Waals surface area contributed by atoms with Crippen LogP contribution in [0.5, 0.6) is 0 Å². The second-order valence-corrected chi connectivity index (χ2v) is 7.90. The Hall–Kier alpha value is -0.850. The first-order valence-electron chi connectivity index (χ1n) is 11.3. The van der Waals surface area contributed by atoms with E-state index in [2.05, 4.69) is 10.6 Å². The summed E-state index contributed by atoms with van der Waals surface area (Å²) in [5.41, 5.74) is 5.43. The zero-order valence-corrected chi connectivity index (χ0v) is 17.2. The maximum Gasteiger partial charge on any atom is 0.191 e. The molecule has 0 aliphatic heterocycles. The number of ether oxygens (including phenoxy) is 2. The summed E-state index contributed by atoms with van der Waals surface area (Å²) in [6.45, 7) is 4.40. The van der Waals surface area contributed by atoms with Crippen LogP contribution < -0.4 is 16.4 Å². The highest BCUT2D eigenvalue weighted by Crippen LogP contribution is 2.21. The van der Waals surface area contributed by atoms with Crippen LogP contribution in [0.1, 0.15) is 77.0 Å². The summed E-state index contributed by atoms with van der Waals surface area (Å²) in [7, 11) is 0. The van der Waals surface area contributed by atoms with Crippen molar-refractivity contribution in [1.82, 2.24) is 10.6 Å². The molecular weight excluding hydrogens is 340 g/mol. The zero-order valence-electron chi connectivity index (χ0n) is 17.2. The van der Waals surface area contributed by atoms with E-state index < -0.39 is 0 Å². The minimum absolute atomic E-state index is 0.499. The lowest BCUT2D eigenvalue weighted by atomic mass is 9.95. The minimum atomic E-state index is 0.499. The van der Waals surface area contributed by atoms with Gasteiger partial charge in [0.1, 0.15) is 0 Å². The third-order valence-electron chi connectivity index (χ3n) is 5.46. The maximum atomic E-state index is 5.64. The molecule has 2 aliphatic rings. The highest BCUT2D eigenvalue weighted by atomic mass is 16.5. The van der Waals surface area contributed by atoms with Crippen LogP contribution in [0.25, 0.3) is 0 Å². The Bertz CT molecular complexity index is 380. The van der Waals surface area contributed by atoms with Gasteiger partial charge in [0.05, 0.1) is 19.3 Å². The molecule has 0 saturated heterocycles. The number of aliphatic imine (C=N–C) groups is 1. The van der Waals surface area contributed by atoms with Gasteiger partial charge < -0.3 is 25.8 Å². The van der Waals surface area contributed by atoms with Crippen LogP contribution >= 0.6 is 0 Å². The van der Waals surface area contributed by atoms with Gasteiger partial charge in [0.2, 0.25) is 0 Å². The molecule has 0 unspecified atom stereocenters. The summed E-state index contributed by atoms with van der Waals surface area (Å²) in [5, 5.41) is 7.25. The molecule has 0 atom stereocenters. The number of rotatable bonds is 12. The van der Waals surface area contributed by atoms with Crippen molar-refractivity contribution in [3.05, 3.63) is 0 Å². The van der Waals surface area contributed by atoms with E-state index in [1.54, 1.807) is 0 Å². The van der Waals surface area contributed by atoms with Crippen LogP contribution in [-0.4, -0.2) is 57.6 Å². The number of nitrogens with one attached hydrogen (secondary N) is 2. The van der Waals surface area contributed by atoms with Crippen molar-refractivity contribution in [2.24, 2.45) is 10.7 Å². The molecule has 2 saturated carbocycles. The molecule has 158 valence electrons. The number of guanidine groups is 1. The number of hydrogen-bond donors (Lipinski definition) is 3. The lowest BCUT2D eigenvalue weighted by molar-refractivity contribution is 0.0469. The van der Waals surface area contributed by atoms with E-state index in [1.807, 2.05) is 0 Å². The molecule has 0 heterocycles. The normalized spacial score (nSPS) is 20.0. The van der Waals surface area contributed by atoms with Crippen LogP contribution in [0.3, 0.4) is 0 Å². The monoisotopic (exact) mass is 382 g/mol. The number of hydrogen-bond acceptors (Lipinski definition) is 4. The summed E-state index contributed by atoms with van der Waals surface area (Å²) >= 11 is 0. The predicted molar refractivity (Wildman–Crippen MR) is 112 cm³/mol. The number of nitrogens with two attached hydrogens (primary N) is 1. The fourth-order valence-corrected chi connectivity index (χ4v) is 3.86. The molecule has 0 aromatic rings. The molecule has 0 aromatic carbocycles. The Morgan fingerprint density at radius 3 is 2.11 bits per heavy atom. The smallest absolute Gasteiger partial charge is 0.191 e. The van der Waals surface area contributed by atoms with Crippen molar-refractivity contribution < 1.29 is 9.47 Å². The predicted octanol–water partition coefficient (Wildman–Crippen LogP) is 2.96. The summed E-state index contributed by atoms with van der Waals surface area (Å²) in [6, 6.07) is 1.09. The Morgan fingerprint density at radius 2 is 1.44 bits per heavy atom. The number of nitrogens with zero attached hydrogens (tertiary/aromatic N) is 1. The van der Waals surface area contributed by atoms with E-state index in [0.29, 0.717) is 31.8 Å². The molecule has 27 heavy (non-hydrogen) atoms. The molecular formula is C21H42N4O2. The Labute approximate surface area is 166 Å². The van der Waals surface area contributed by atoms with Crippen molar-refractivity contribution in [2.75, 3.05) is 39.5 Å². The van der Waals surface area contributed by atoms with Gasteiger partial charge in [-0.05, 0) is 45.1 Å². The van der Waals surface area contributed by atoms with Crippen molar-refractivity contribution >= 4 is 5.96 Å². The molecule has 6 nitrogen and oxygen atoms in total. The lowest BCUT2D eigenvalue weighted by Crippen LogP contribution is -2.45. The van der Waals surface area contributed by atoms with E-state index in [4.69, 9.17) is 20.2 Å². The zero-order chi connectivity index (χ0) is 19.0. The van der Waals surface area contributed by atoms with Crippen LogP contribution in [0.4, 0.5) is 0 Å². The molecule has 2 aliphatic carbocycles. The van der Waals surface area contributed by atoms with Crippen LogP contribution in [0.15, 0.2) is 4.99 Å². The quantitative estimate of drug-likeness (QED) is 0.275. The molecule has 4 N–H and O–H groups in total. The van der Waals surface area contributed by atoms with Gasteiger partial charge in [0.25, 0.3) is 0 Å². The SMILES string of the molecule is NCCCOCCOCCCN/C(=N\C1CCCCC1)NC1CCCCC1. The van der Waals surface area contributed by atoms with Crippen molar-refractivity contribution in [2.45, 2.75) is 89.1 Å². The minimum Gasteiger partial charge on any atom is -0.379 e. The topological polar surface area (TPSA) is 80.9 Å². The first-order chi connectivity index (χ1) is 13.4. The van der Waals surface area contributed by atoms with E-state index in [1.165, 1.54) is 64.2 Å². The van der Waals surface area contributed by atoms with E-state index in [9.17, 15) is 0 Å². The van der Waals surface area contributed by atoms with Gasteiger partial charge >= 0.3 is 0 Å². The highest BCUT2D eigenvalue weighted by Gasteiger charge is 2.17. The van der Waals surface area contributed by atoms with E-state index in [0.717, 1.165) is 38.6 Å². The van der Waals surface area contributed by atoms with Crippen molar-refractivity contribution in [3.8, 4) is 0 Å². The van der Waals surface area contributed by atoms with Gasteiger partial charge in [-0.15, -0.1) is 0 Å². The summed E-state index contributed by atoms with van der Waals surface area (Å²) in [6.07, 6.45) is 15.0. The molecule has 2 fully saturated rings. The van der Waals surface area contributed by atoms with Crippen LogP contribution in [0.2, 0.25) is 0 Å². The Kier molecular flexibility index (Phi) is 12.6. The summed E-state index contributed by atoms with van der Waals surface area (Å²) < 4.78 is 11.1. The largest absolute Gasteiger partial charge is 0.379 e. The Morgan fingerprint density at radius 1 is 0.815 bits per heavy atom. The standard InChI is InChI=1S/C21H42N4O2/c22-13-7-15-26-17-18-27-16-8-14-23-21(24-19-9-3-1-4-10-19)25-20-11-5-2-6-12-20/h19-20H,1-18,22H2,(H2,23,24,25). The van der Waals surface area contributed by atoms with Crippen molar-refractivity contribution in [3.63, 3.8) is 0 Å². The second kappa shape index (κ2) is 15.1. The van der Waals surface area contributed by atoms with Gasteiger partial charge in [0, 0.05) is 25.8 Å². The molecule has 6 heteroatoms. The summed E-state index contributed by atoms with van der Waals surface area (Å²) in [4.78, 5) is 5.03. The first kappa shape index (κ1) is 22.4. The van der Waals surface area contributed by atoms with Gasteiger partial charge in [0.15, 0.2) is 5.96 Å². The van der Waals surface area contributed by atoms with E-state index >= 15 is 0 Å². The molecule has 0 bridgehead atoms. The lowest BCUT2D eigenvalue weighted by Gasteiger charge is -2.27.